The van der Waals surface area contributed by atoms with Gasteiger partial charge in [-0.25, -0.2) is 0 Å². The van der Waals surface area contributed by atoms with Crippen LogP contribution in [0.25, 0.3) is 0 Å². The summed E-state index contributed by atoms with van der Waals surface area (Å²) in [5.74, 6) is 7.32. The van der Waals surface area contributed by atoms with Crippen LogP contribution in [0.3, 0.4) is 0 Å². The first-order chi connectivity index (χ1) is 4.91. The van der Waals surface area contributed by atoms with Crippen LogP contribution in [0.4, 0.5) is 0 Å². The molecule has 0 aromatic rings. The number of hydrogen-bond acceptors (Lipinski definition) is 5. The highest BCUT2D eigenvalue weighted by Gasteiger charge is 1.87. The van der Waals surface area contributed by atoms with Crippen LogP contribution in [0.1, 0.15) is 0 Å². The fourth-order valence-electron chi connectivity index (χ4n) is 0.362. The van der Waals surface area contributed by atoms with Gasteiger partial charge >= 0.3 is 0 Å². The average molecular weight is 181 g/mol. The summed E-state index contributed by atoms with van der Waals surface area (Å²) in [5, 5.41) is 3.08. The summed E-state index contributed by atoms with van der Waals surface area (Å²) < 4.78 is 0. The maximum absolute atomic E-state index is 5.08. The molecule has 4 N–H and O–H groups in total. The summed E-state index contributed by atoms with van der Waals surface area (Å²) >= 11 is 0. The van der Waals surface area contributed by atoms with Gasteiger partial charge in [-0.2, -0.15) is 0 Å². The third-order valence-corrected chi connectivity index (χ3v) is 3.26. The van der Waals surface area contributed by atoms with Crippen molar-refractivity contribution < 1.29 is 0 Å². The third-order valence-electron chi connectivity index (χ3n) is 0.848. The van der Waals surface area contributed by atoms with Crippen LogP contribution in [-0.4, -0.2) is 31.6 Å². The molecule has 0 aliphatic rings. The van der Waals surface area contributed by atoms with Crippen LogP contribution in [0.2, 0.25) is 0 Å². The van der Waals surface area contributed by atoms with Crippen molar-refractivity contribution in [2.24, 2.45) is 5.84 Å². The maximum atomic E-state index is 5.08. The van der Waals surface area contributed by atoms with Crippen LogP contribution in [-0.2, 0) is 0 Å². The van der Waals surface area contributed by atoms with E-state index in [0.29, 0.717) is 0 Å². The van der Waals surface area contributed by atoms with Gasteiger partial charge in [-0.15, -0.1) is 0 Å². The van der Waals surface area contributed by atoms with Crippen molar-refractivity contribution in [3.05, 3.63) is 0 Å². The Morgan fingerprint density at radius 2 is 1.80 bits per heavy atom. The molecule has 62 valence electrons. The Kier molecular flexibility index (Phi) is 10.1. The molecule has 0 bridgehead atoms. The minimum absolute atomic E-state index is 0.886. The average Bonchev–Trinajstić information content (AvgIpc) is 1.97. The molecule has 0 aromatic carbocycles. The molecule has 0 fully saturated rings. The predicted octanol–water partition coefficient (Wildman–Crippen LogP) is 0.0505. The van der Waals surface area contributed by atoms with Crippen LogP contribution < -0.4 is 16.6 Å². The van der Waals surface area contributed by atoms with E-state index in [1.165, 1.54) is 0 Å². The molecule has 0 saturated carbocycles. The normalized spacial score (nSPS) is 10.2. The van der Waals surface area contributed by atoms with Gasteiger partial charge in [-0.3, -0.25) is 11.3 Å². The van der Waals surface area contributed by atoms with Crippen molar-refractivity contribution in [3.8, 4) is 0 Å². The lowest BCUT2D eigenvalue weighted by atomic mass is 10.8. The van der Waals surface area contributed by atoms with E-state index in [1.807, 2.05) is 28.6 Å². The zero-order valence-electron chi connectivity index (χ0n) is 6.22. The molecular formula is C5H15N3S2. The van der Waals surface area contributed by atoms with E-state index in [2.05, 4.69) is 10.7 Å². The van der Waals surface area contributed by atoms with E-state index < -0.39 is 0 Å². The minimum Gasteiger partial charge on any atom is -0.319 e. The van der Waals surface area contributed by atoms with Gasteiger partial charge in [-0.05, 0) is 7.05 Å². The lowest BCUT2D eigenvalue weighted by molar-refractivity contribution is 0.788. The van der Waals surface area contributed by atoms with E-state index >= 15 is 0 Å². The molecule has 3 nitrogen and oxygen atoms in total. The Morgan fingerprint density at radius 3 is 2.30 bits per heavy atom. The first kappa shape index (κ1) is 10.6. The highest BCUT2D eigenvalue weighted by Crippen LogP contribution is 2.18. The van der Waals surface area contributed by atoms with E-state index in [4.69, 9.17) is 5.84 Å². The quantitative estimate of drug-likeness (QED) is 0.224. The van der Waals surface area contributed by atoms with Gasteiger partial charge in [0.2, 0.25) is 0 Å². The second-order valence-electron chi connectivity index (χ2n) is 1.70. The first-order valence-electron chi connectivity index (χ1n) is 3.24. The van der Waals surface area contributed by atoms with Gasteiger partial charge in [0.1, 0.15) is 0 Å². The number of hydrogen-bond donors (Lipinski definition) is 3. The standard InChI is InChI=1S/C5H15N3S2/c1-7-2-4-9-10-5-3-8-6/h7-8H,2-6H2,1H3. The van der Waals surface area contributed by atoms with Crippen LogP contribution in [0.5, 0.6) is 0 Å². The molecule has 0 aliphatic heterocycles. The fraction of sp³-hybridized carbons (Fsp3) is 1.00. The molecular weight excluding hydrogens is 166 g/mol. The Hall–Kier alpha value is 0.580. The Balaban J connectivity index is 2.65. The zero-order chi connectivity index (χ0) is 7.66. The van der Waals surface area contributed by atoms with Gasteiger partial charge < -0.3 is 5.32 Å². The second kappa shape index (κ2) is 9.58. The summed E-state index contributed by atoms with van der Waals surface area (Å²) in [6.45, 7) is 1.96. The highest BCUT2D eigenvalue weighted by molar-refractivity contribution is 8.76. The van der Waals surface area contributed by atoms with Crippen LogP contribution in [0, 0.1) is 0 Å². The Labute approximate surface area is 70.3 Å². The smallest absolute Gasteiger partial charge is 0.0197 e. The van der Waals surface area contributed by atoms with E-state index in [9.17, 15) is 0 Å². The van der Waals surface area contributed by atoms with Crippen molar-refractivity contribution in [1.82, 2.24) is 10.7 Å². The zero-order valence-corrected chi connectivity index (χ0v) is 7.86. The van der Waals surface area contributed by atoms with Crippen molar-refractivity contribution in [2.75, 3.05) is 31.6 Å². The summed E-state index contributed by atoms with van der Waals surface area (Å²) in [7, 11) is 5.69. The SMILES string of the molecule is CNCCSSCCNN. The van der Waals surface area contributed by atoms with E-state index in [1.54, 1.807) is 0 Å². The molecule has 0 unspecified atom stereocenters. The monoisotopic (exact) mass is 181 g/mol. The van der Waals surface area contributed by atoms with Crippen LogP contribution in [0.15, 0.2) is 0 Å². The van der Waals surface area contributed by atoms with Crippen molar-refractivity contribution in [1.29, 1.82) is 0 Å². The molecule has 0 saturated heterocycles. The van der Waals surface area contributed by atoms with Gasteiger partial charge in [-0.1, -0.05) is 21.6 Å². The molecule has 0 spiro atoms. The van der Waals surface area contributed by atoms with Crippen LogP contribution >= 0.6 is 21.6 Å². The fourth-order valence-corrected chi connectivity index (χ4v) is 2.29. The molecule has 0 radical (unpaired) electrons. The Morgan fingerprint density at radius 1 is 1.20 bits per heavy atom. The largest absolute Gasteiger partial charge is 0.319 e. The second-order valence-corrected chi connectivity index (χ2v) is 4.40. The lowest BCUT2D eigenvalue weighted by Crippen LogP contribution is -2.24. The van der Waals surface area contributed by atoms with Crippen molar-refractivity contribution in [2.45, 2.75) is 0 Å². The first-order valence-corrected chi connectivity index (χ1v) is 5.73. The lowest BCUT2D eigenvalue weighted by Gasteiger charge is -1.99. The van der Waals surface area contributed by atoms with E-state index in [-0.39, 0.29) is 0 Å². The summed E-state index contributed by atoms with van der Waals surface area (Å²) in [6.07, 6.45) is 0. The Bertz CT molecular complexity index is 54.9. The molecule has 0 aromatic heterocycles. The molecule has 0 atom stereocenters. The number of nitrogens with one attached hydrogen (secondary N) is 2. The number of nitrogens with two attached hydrogens (primary N) is 1. The van der Waals surface area contributed by atoms with Crippen molar-refractivity contribution >= 4 is 21.6 Å². The topological polar surface area (TPSA) is 50.1 Å². The molecule has 5 heteroatoms. The summed E-state index contributed by atoms with van der Waals surface area (Å²) in [5.41, 5.74) is 2.61. The predicted molar refractivity (Wildman–Crippen MR) is 51.0 cm³/mol. The maximum Gasteiger partial charge on any atom is 0.0197 e. The van der Waals surface area contributed by atoms with Gasteiger partial charge in [0.05, 0.1) is 0 Å². The minimum atomic E-state index is 0.886. The molecule has 10 heavy (non-hydrogen) atoms. The highest BCUT2D eigenvalue weighted by atomic mass is 33.1. The molecule has 0 rings (SSSR count). The molecule has 0 amide bonds. The van der Waals surface area contributed by atoms with Gasteiger partial charge in [0, 0.05) is 24.6 Å². The number of hydrazine groups is 1. The summed E-state index contributed by atoms with van der Waals surface area (Å²) in [6, 6.07) is 0. The molecule has 0 heterocycles. The van der Waals surface area contributed by atoms with Gasteiger partial charge in [0.15, 0.2) is 0 Å². The van der Waals surface area contributed by atoms with E-state index in [0.717, 1.165) is 24.6 Å². The van der Waals surface area contributed by atoms with Gasteiger partial charge in [0.25, 0.3) is 0 Å². The summed E-state index contributed by atoms with van der Waals surface area (Å²) in [4.78, 5) is 0. The third kappa shape index (κ3) is 8.58. The molecule has 0 aliphatic carbocycles. The number of rotatable bonds is 7. The van der Waals surface area contributed by atoms with Crippen molar-refractivity contribution in [3.63, 3.8) is 0 Å².